The van der Waals surface area contributed by atoms with Gasteiger partial charge in [-0.1, -0.05) is 12.1 Å². The average Bonchev–Trinajstić information content (AvgIpc) is 2.95. The van der Waals surface area contributed by atoms with Crippen LogP contribution in [0.5, 0.6) is 11.5 Å². The van der Waals surface area contributed by atoms with Gasteiger partial charge < -0.3 is 14.8 Å². The van der Waals surface area contributed by atoms with Crippen LogP contribution in [0.4, 0.5) is 5.69 Å². The molecule has 0 saturated heterocycles. The van der Waals surface area contributed by atoms with E-state index in [1.54, 1.807) is 6.21 Å². The zero-order valence-corrected chi connectivity index (χ0v) is 12.8. The van der Waals surface area contributed by atoms with Crippen molar-refractivity contribution in [3.63, 3.8) is 0 Å². The van der Waals surface area contributed by atoms with Gasteiger partial charge >= 0.3 is 0 Å². The molecule has 0 bridgehead atoms. The lowest BCUT2D eigenvalue weighted by atomic mass is 10.2. The summed E-state index contributed by atoms with van der Waals surface area (Å²) in [5.74, 6) is 1.48. The molecular formula is C16H15N3O2S. The van der Waals surface area contributed by atoms with Crippen molar-refractivity contribution < 1.29 is 9.47 Å². The van der Waals surface area contributed by atoms with Crippen molar-refractivity contribution in [2.45, 2.75) is 6.92 Å². The van der Waals surface area contributed by atoms with Gasteiger partial charge in [-0.05, 0) is 60.6 Å². The molecule has 2 N–H and O–H groups in total. The Bertz CT molecular complexity index is 731. The minimum Gasteiger partial charge on any atom is -0.454 e. The Morgan fingerprint density at radius 2 is 2.05 bits per heavy atom. The summed E-state index contributed by atoms with van der Waals surface area (Å²) >= 11 is 5.19. The van der Waals surface area contributed by atoms with Gasteiger partial charge in [-0.2, -0.15) is 5.10 Å². The van der Waals surface area contributed by atoms with E-state index in [1.165, 1.54) is 0 Å². The molecule has 0 aliphatic carbocycles. The number of aryl methyl sites for hydroxylation is 1. The fourth-order valence-corrected chi connectivity index (χ4v) is 2.21. The lowest BCUT2D eigenvalue weighted by Gasteiger charge is -2.07. The molecule has 0 aromatic heterocycles. The molecule has 0 unspecified atom stereocenters. The fraction of sp³-hybridized carbons (Fsp3) is 0.125. The molecule has 22 heavy (non-hydrogen) atoms. The number of hydrogen-bond donors (Lipinski definition) is 2. The van der Waals surface area contributed by atoms with E-state index in [0.29, 0.717) is 5.11 Å². The summed E-state index contributed by atoms with van der Waals surface area (Å²) in [6.45, 7) is 2.29. The summed E-state index contributed by atoms with van der Waals surface area (Å²) in [5, 5.41) is 7.62. The van der Waals surface area contributed by atoms with Gasteiger partial charge in [-0.3, -0.25) is 5.43 Å². The van der Waals surface area contributed by atoms with Gasteiger partial charge in [0.2, 0.25) is 6.79 Å². The Morgan fingerprint density at radius 1 is 1.18 bits per heavy atom. The molecule has 0 saturated carbocycles. The third-order valence-corrected chi connectivity index (χ3v) is 3.25. The molecule has 2 aromatic carbocycles. The highest BCUT2D eigenvalue weighted by atomic mass is 32.1. The molecule has 0 amide bonds. The normalized spacial score (nSPS) is 12.4. The van der Waals surface area contributed by atoms with Crippen molar-refractivity contribution in [2.75, 3.05) is 12.1 Å². The zero-order chi connectivity index (χ0) is 15.4. The lowest BCUT2D eigenvalue weighted by molar-refractivity contribution is 0.174. The Labute approximate surface area is 133 Å². The van der Waals surface area contributed by atoms with Gasteiger partial charge in [0.05, 0.1) is 6.21 Å². The minimum absolute atomic E-state index is 0.263. The van der Waals surface area contributed by atoms with Crippen LogP contribution in [-0.4, -0.2) is 18.1 Å². The maximum atomic E-state index is 5.31. The Kier molecular flexibility index (Phi) is 4.20. The Hall–Kier alpha value is -2.60. The second kappa shape index (κ2) is 6.44. The summed E-state index contributed by atoms with van der Waals surface area (Å²) in [5.41, 5.74) is 5.77. The van der Waals surface area contributed by atoms with Crippen LogP contribution in [0, 0.1) is 6.92 Å². The van der Waals surface area contributed by atoms with Crippen LogP contribution in [0.1, 0.15) is 11.1 Å². The first kappa shape index (κ1) is 14.3. The van der Waals surface area contributed by atoms with Crippen LogP contribution < -0.4 is 20.2 Å². The van der Waals surface area contributed by atoms with E-state index in [-0.39, 0.29) is 6.79 Å². The predicted octanol–water partition coefficient (Wildman–Crippen LogP) is 3.04. The maximum Gasteiger partial charge on any atom is 0.231 e. The van der Waals surface area contributed by atoms with Crippen molar-refractivity contribution in [2.24, 2.45) is 5.10 Å². The zero-order valence-electron chi connectivity index (χ0n) is 12.0. The van der Waals surface area contributed by atoms with E-state index < -0.39 is 0 Å². The van der Waals surface area contributed by atoms with Gasteiger partial charge in [-0.15, -0.1) is 0 Å². The quantitative estimate of drug-likeness (QED) is 0.518. The lowest BCUT2D eigenvalue weighted by Crippen LogP contribution is -2.23. The monoisotopic (exact) mass is 313 g/mol. The summed E-state index contributed by atoms with van der Waals surface area (Å²) < 4.78 is 10.6. The third kappa shape index (κ3) is 3.53. The van der Waals surface area contributed by atoms with E-state index in [4.69, 9.17) is 21.7 Å². The molecule has 1 aliphatic heterocycles. The highest BCUT2D eigenvalue weighted by Gasteiger charge is 2.12. The van der Waals surface area contributed by atoms with Gasteiger partial charge in [0.25, 0.3) is 0 Å². The van der Waals surface area contributed by atoms with Crippen LogP contribution >= 0.6 is 12.2 Å². The third-order valence-electron chi connectivity index (χ3n) is 3.05. The molecule has 1 aliphatic rings. The molecule has 0 spiro atoms. The van der Waals surface area contributed by atoms with Gasteiger partial charge in [0.1, 0.15) is 0 Å². The van der Waals surface area contributed by atoms with Crippen LogP contribution in [0.2, 0.25) is 0 Å². The number of rotatable bonds is 3. The smallest absolute Gasteiger partial charge is 0.231 e. The predicted molar refractivity (Wildman–Crippen MR) is 90.7 cm³/mol. The molecule has 2 aromatic rings. The number of fused-ring (bicyclic) bond motifs is 1. The van der Waals surface area contributed by atoms with E-state index in [2.05, 4.69) is 15.8 Å². The van der Waals surface area contributed by atoms with Crippen molar-refractivity contribution in [1.29, 1.82) is 0 Å². The molecule has 3 rings (SSSR count). The standard InChI is InChI=1S/C16H15N3O2S/c1-11-3-2-4-13(7-11)18-16(22)19-17-9-12-5-6-14-15(8-12)21-10-20-14/h2-9H,10H2,1H3,(H2,18,19,22). The summed E-state index contributed by atoms with van der Waals surface area (Å²) in [6, 6.07) is 13.6. The summed E-state index contributed by atoms with van der Waals surface area (Å²) in [7, 11) is 0. The van der Waals surface area contributed by atoms with Crippen molar-refractivity contribution in [1.82, 2.24) is 5.43 Å². The molecule has 6 heteroatoms. The molecule has 5 nitrogen and oxygen atoms in total. The number of anilines is 1. The first-order valence-electron chi connectivity index (χ1n) is 6.77. The SMILES string of the molecule is Cc1cccc(NC(=S)NN=Cc2ccc3c(c2)OCO3)c1. The topological polar surface area (TPSA) is 54.9 Å². The minimum atomic E-state index is 0.263. The van der Waals surface area contributed by atoms with Gasteiger partial charge in [0, 0.05) is 5.69 Å². The van der Waals surface area contributed by atoms with Crippen molar-refractivity contribution in [3.8, 4) is 11.5 Å². The second-order valence-corrected chi connectivity index (χ2v) is 5.21. The highest BCUT2D eigenvalue weighted by Crippen LogP contribution is 2.31. The molecular weight excluding hydrogens is 298 g/mol. The van der Waals surface area contributed by atoms with E-state index in [1.807, 2.05) is 49.4 Å². The van der Waals surface area contributed by atoms with Gasteiger partial charge in [-0.25, -0.2) is 0 Å². The average molecular weight is 313 g/mol. The van der Waals surface area contributed by atoms with E-state index >= 15 is 0 Å². The molecule has 0 atom stereocenters. The van der Waals surface area contributed by atoms with Crippen LogP contribution in [-0.2, 0) is 0 Å². The van der Waals surface area contributed by atoms with Crippen LogP contribution in [0.25, 0.3) is 0 Å². The maximum absolute atomic E-state index is 5.31. The number of thiocarbonyl (C=S) groups is 1. The summed E-state index contributed by atoms with van der Waals surface area (Å²) in [6.07, 6.45) is 1.67. The molecule has 0 radical (unpaired) electrons. The number of hydrazone groups is 1. The van der Waals surface area contributed by atoms with Crippen molar-refractivity contribution in [3.05, 3.63) is 53.6 Å². The number of benzene rings is 2. The summed E-state index contributed by atoms with van der Waals surface area (Å²) in [4.78, 5) is 0. The first-order chi connectivity index (χ1) is 10.7. The number of nitrogens with one attached hydrogen (secondary N) is 2. The fourth-order valence-electron chi connectivity index (χ4n) is 2.04. The number of ether oxygens (including phenoxy) is 2. The Balaban J connectivity index is 1.56. The van der Waals surface area contributed by atoms with E-state index in [0.717, 1.165) is 28.3 Å². The van der Waals surface area contributed by atoms with Crippen molar-refractivity contribution >= 4 is 29.2 Å². The first-order valence-corrected chi connectivity index (χ1v) is 7.18. The Morgan fingerprint density at radius 3 is 2.91 bits per heavy atom. The van der Waals surface area contributed by atoms with Crippen LogP contribution in [0.3, 0.4) is 0 Å². The number of hydrogen-bond acceptors (Lipinski definition) is 4. The molecule has 0 fully saturated rings. The highest BCUT2D eigenvalue weighted by molar-refractivity contribution is 7.80. The molecule has 112 valence electrons. The van der Waals surface area contributed by atoms with Gasteiger partial charge in [0.15, 0.2) is 16.6 Å². The number of nitrogens with zero attached hydrogens (tertiary/aromatic N) is 1. The van der Waals surface area contributed by atoms with E-state index in [9.17, 15) is 0 Å². The molecule has 1 heterocycles. The second-order valence-electron chi connectivity index (χ2n) is 4.81. The van der Waals surface area contributed by atoms with Crippen LogP contribution in [0.15, 0.2) is 47.6 Å². The largest absolute Gasteiger partial charge is 0.454 e.